The Hall–Kier alpha value is -1.71. The van der Waals surface area contributed by atoms with Crippen molar-refractivity contribution in [2.24, 2.45) is 0 Å². The zero-order valence-electron chi connectivity index (χ0n) is 6.66. The molecule has 0 bridgehead atoms. The third-order valence-electron chi connectivity index (χ3n) is 1.35. The van der Waals surface area contributed by atoms with Gasteiger partial charge in [0.1, 0.15) is 5.75 Å². The van der Waals surface area contributed by atoms with E-state index in [1.165, 1.54) is 25.1 Å². The van der Waals surface area contributed by atoms with E-state index < -0.39 is 0 Å². The van der Waals surface area contributed by atoms with Crippen LogP contribution in [0.15, 0.2) is 18.2 Å². The first-order valence-electron chi connectivity index (χ1n) is 3.45. The maximum absolute atomic E-state index is 10.6. The highest BCUT2D eigenvalue weighted by Crippen LogP contribution is 2.23. The highest BCUT2D eigenvalue weighted by atomic mass is 16.3. The second-order valence-electron chi connectivity index (χ2n) is 2.45. The molecule has 64 valence electrons. The van der Waals surface area contributed by atoms with Gasteiger partial charge in [0.05, 0.1) is 11.4 Å². The Balaban J connectivity index is 2.97. The molecular weight excluding hydrogens is 156 g/mol. The molecule has 1 aromatic rings. The molecule has 4 heteroatoms. The number of aromatic hydroxyl groups is 1. The largest absolute Gasteiger partial charge is 0.508 e. The number of amides is 1. The molecule has 0 aliphatic heterocycles. The van der Waals surface area contributed by atoms with Crippen LogP contribution in [0.3, 0.4) is 0 Å². The Bertz CT molecular complexity index is 310. The molecule has 0 aromatic heterocycles. The number of carbonyl (C=O) groups is 1. The van der Waals surface area contributed by atoms with E-state index in [4.69, 9.17) is 10.8 Å². The molecular formula is C8H10N2O2. The Morgan fingerprint density at radius 3 is 2.83 bits per heavy atom. The normalized spacial score (nSPS) is 9.42. The molecule has 0 fully saturated rings. The summed E-state index contributed by atoms with van der Waals surface area (Å²) in [4.78, 5) is 10.6. The van der Waals surface area contributed by atoms with Gasteiger partial charge in [0.15, 0.2) is 0 Å². The summed E-state index contributed by atoms with van der Waals surface area (Å²) >= 11 is 0. The smallest absolute Gasteiger partial charge is 0.221 e. The van der Waals surface area contributed by atoms with Gasteiger partial charge in [-0.15, -0.1) is 0 Å². The van der Waals surface area contributed by atoms with Gasteiger partial charge in [-0.1, -0.05) is 0 Å². The SMILES string of the molecule is CC(=O)Nc1cc(O)ccc1N. The minimum atomic E-state index is -0.215. The van der Waals surface area contributed by atoms with Crippen molar-refractivity contribution in [2.75, 3.05) is 11.1 Å². The zero-order valence-corrected chi connectivity index (χ0v) is 6.66. The molecule has 0 atom stereocenters. The number of phenols is 1. The van der Waals surface area contributed by atoms with E-state index in [2.05, 4.69) is 5.32 Å². The molecule has 0 spiro atoms. The predicted molar refractivity (Wildman–Crippen MR) is 46.8 cm³/mol. The van der Waals surface area contributed by atoms with Gasteiger partial charge in [-0.25, -0.2) is 0 Å². The lowest BCUT2D eigenvalue weighted by Crippen LogP contribution is -2.07. The molecule has 4 nitrogen and oxygen atoms in total. The van der Waals surface area contributed by atoms with Crippen LogP contribution in [0.5, 0.6) is 5.75 Å². The van der Waals surface area contributed by atoms with Crippen molar-refractivity contribution in [1.82, 2.24) is 0 Å². The topological polar surface area (TPSA) is 75.3 Å². The number of hydrogen-bond donors (Lipinski definition) is 3. The average molecular weight is 166 g/mol. The van der Waals surface area contributed by atoms with E-state index in [1.807, 2.05) is 0 Å². The first-order valence-corrected chi connectivity index (χ1v) is 3.45. The van der Waals surface area contributed by atoms with E-state index in [0.29, 0.717) is 11.4 Å². The minimum Gasteiger partial charge on any atom is -0.508 e. The van der Waals surface area contributed by atoms with Crippen LogP contribution >= 0.6 is 0 Å². The van der Waals surface area contributed by atoms with Crippen molar-refractivity contribution in [2.45, 2.75) is 6.92 Å². The van der Waals surface area contributed by atoms with Crippen LogP contribution < -0.4 is 11.1 Å². The first kappa shape index (κ1) is 8.39. The van der Waals surface area contributed by atoms with Gasteiger partial charge in [0.2, 0.25) is 5.91 Å². The van der Waals surface area contributed by atoms with Crippen molar-refractivity contribution < 1.29 is 9.90 Å². The Labute approximate surface area is 70.0 Å². The van der Waals surface area contributed by atoms with Gasteiger partial charge in [-0.2, -0.15) is 0 Å². The third kappa shape index (κ3) is 1.88. The van der Waals surface area contributed by atoms with Gasteiger partial charge < -0.3 is 16.2 Å². The van der Waals surface area contributed by atoms with Crippen LogP contribution in [0.1, 0.15) is 6.92 Å². The van der Waals surface area contributed by atoms with Crippen LogP contribution in [0.2, 0.25) is 0 Å². The molecule has 1 rings (SSSR count). The summed E-state index contributed by atoms with van der Waals surface area (Å²) in [5.41, 5.74) is 6.38. The highest BCUT2D eigenvalue weighted by Gasteiger charge is 2.00. The number of nitrogens with one attached hydrogen (secondary N) is 1. The lowest BCUT2D eigenvalue weighted by molar-refractivity contribution is -0.114. The molecule has 0 radical (unpaired) electrons. The first-order chi connectivity index (χ1) is 5.59. The number of phenolic OH excluding ortho intramolecular Hbond substituents is 1. The van der Waals surface area contributed by atoms with Crippen molar-refractivity contribution in [3.8, 4) is 5.75 Å². The van der Waals surface area contributed by atoms with Crippen LogP contribution in [0.4, 0.5) is 11.4 Å². The number of hydrogen-bond acceptors (Lipinski definition) is 3. The summed E-state index contributed by atoms with van der Waals surface area (Å²) < 4.78 is 0. The Kier molecular flexibility index (Phi) is 2.19. The van der Waals surface area contributed by atoms with Crippen LogP contribution in [-0.2, 0) is 4.79 Å². The van der Waals surface area contributed by atoms with Crippen LogP contribution in [-0.4, -0.2) is 11.0 Å². The van der Waals surface area contributed by atoms with Crippen molar-refractivity contribution >= 4 is 17.3 Å². The number of nitrogen functional groups attached to an aromatic ring is 1. The van der Waals surface area contributed by atoms with Crippen molar-refractivity contribution in [1.29, 1.82) is 0 Å². The molecule has 0 aliphatic rings. The Morgan fingerprint density at radius 1 is 1.58 bits per heavy atom. The summed E-state index contributed by atoms with van der Waals surface area (Å²) in [5.74, 6) is -0.139. The number of nitrogens with two attached hydrogens (primary N) is 1. The van der Waals surface area contributed by atoms with Crippen molar-refractivity contribution in [3.63, 3.8) is 0 Å². The molecule has 0 heterocycles. The molecule has 0 aliphatic carbocycles. The molecule has 4 N–H and O–H groups in total. The molecule has 1 aromatic carbocycles. The fourth-order valence-corrected chi connectivity index (χ4v) is 0.842. The molecule has 0 saturated heterocycles. The monoisotopic (exact) mass is 166 g/mol. The fraction of sp³-hybridized carbons (Fsp3) is 0.125. The number of benzene rings is 1. The summed E-state index contributed by atoms with van der Waals surface area (Å²) in [6, 6.07) is 4.39. The average Bonchev–Trinajstić information content (AvgIpc) is 1.96. The summed E-state index contributed by atoms with van der Waals surface area (Å²) in [6.07, 6.45) is 0. The molecule has 0 saturated carbocycles. The zero-order chi connectivity index (χ0) is 9.14. The second-order valence-corrected chi connectivity index (χ2v) is 2.45. The lowest BCUT2D eigenvalue weighted by atomic mass is 10.2. The minimum absolute atomic E-state index is 0.0768. The van der Waals surface area contributed by atoms with E-state index in [9.17, 15) is 4.79 Å². The van der Waals surface area contributed by atoms with E-state index in [-0.39, 0.29) is 11.7 Å². The van der Waals surface area contributed by atoms with E-state index in [0.717, 1.165) is 0 Å². The highest BCUT2D eigenvalue weighted by molar-refractivity contribution is 5.92. The Morgan fingerprint density at radius 2 is 2.25 bits per heavy atom. The lowest BCUT2D eigenvalue weighted by Gasteiger charge is -2.05. The van der Waals surface area contributed by atoms with Crippen LogP contribution in [0, 0.1) is 0 Å². The maximum Gasteiger partial charge on any atom is 0.221 e. The third-order valence-corrected chi connectivity index (χ3v) is 1.35. The summed E-state index contributed by atoms with van der Waals surface area (Å²) in [7, 11) is 0. The molecule has 0 unspecified atom stereocenters. The number of carbonyl (C=O) groups excluding carboxylic acids is 1. The van der Waals surface area contributed by atoms with Gasteiger partial charge in [0.25, 0.3) is 0 Å². The molecule has 12 heavy (non-hydrogen) atoms. The predicted octanol–water partition coefficient (Wildman–Crippen LogP) is 0.933. The number of anilines is 2. The van der Waals surface area contributed by atoms with Gasteiger partial charge in [-0.05, 0) is 12.1 Å². The number of rotatable bonds is 1. The molecule has 1 amide bonds. The van der Waals surface area contributed by atoms with Crippen LogP contribution in [0.25, 0.3) is 0 Å². The van der Waals surface area contributed by atoms with Gasteiger partial charge >= 0.3 is 0 Å². The summed E-state index contributed by atoms with van der Waals surface area (Å²) in [6.45, 7) is 1.38. The van der Waals surface area contributed by atoms with Gasteiger partial charge in [0, 0.05) is 13.0 Å². The maximum atomic E-state index is 10.6. The van der Waals surface area contributed by atoms with E-state index in [1.54, 1.807) is 0 Å². The summed E-state index contributed by atoms with van der Waals surface area (Å²) in [5, 5.41) is 11.5. The van der Waals surface area contributed by atoms with E-state index >= 15 is 0 Å². The quantitative estimate of drug-likeness (QED) is 0.429. The second kappa shape index (κ2) is 3.13. The van der Waals surface area contributed by atoms with Gasteiger partial charge in [-0.3, -0.25) is 4.79 Å². The van der Waals surface area contributed by atoms with Crippen molar-refractivity contribution in [3.05, 3.63) is 18.2 Å². The fourth-order valence-electron chi connectivity index (χ4n) is 0.842. The standard InChI is InChI=1S/C8H10N2O2/c1-5(11)10-8-4-6(12)2-3-7(8)9/h2-4,12H,9H2,1H3,(H,10,11).